The largest absolute Gasteiger partial charge is 0.296 e. The maximum absolute atomic E-state index is 10.9. The second kappa shape index (κ2) is 3.77. The lowest BCUT2D eigenvalue weighted by Gasteiger charge is -2.19. The molecule has 0 radical (unpaired) electrons. The molecule has 84 valence electrons. The SMILES string of the molecule is CC(C)(C)c1ccc(S(=O)(=O)O)c(Cl)c1. The molecule has 0 atom stereocenters. The highest BCUT2D eigenvalue weighted by Crippen LogP contribution is 2.28. The van der Waals surface area contributed by atoms with Crippen molar-refractivity contribution in [2.24, 2.45) is 0 Å². The van der Waals surface area contributed by atoms with Crippen LogP contribution in [0.4, 0.5) is 0 Å². The third-order valence-corrected chi connectivity index (χ3v) is 3.41. The fourth-order valence-electron chi connectivity index (χ4n) is 1.18. The molecule has 0 aromatic heterocycles. The van der Waals surface area contributed by atoms with E-state index < -0.39 is 10.1 Å². The first kappa shape index (κ1) is 12.5. The third-order valence-electron chi connectivity index (χ3n) is 2.08. The van der Waals surface area contributed by atoms with Gasteiger partial charge in [-0.25, -0.2) is 0 Å². The molecule has 1 aromatic rings. The van der Waals surface area contributed by atoms with Gasteiger partial charge in [-0.1, -0.05) is 38.4 Å². The van der Waals surface area contributed by atoms with E-state index in [1.54, 1.807) is 12.1 Å². The Morgan fingerprint density at radius 1 is 1.27 bits per heavy atom. The summed E-state index contributed by atoms with van der Waals surface area (Å²) >= 11 is 5.78. The highest BCUT2D eigenvalue weighted by Gasteiger charge is 2.19. The van der Waals surface area contributed by atoms with Crippen molar-refractivity contribution in [3.8, 4) is 0 Å². The molecule has 1 rings (SSSR count). The third kappa shape index (κ3) is 2.93. The van der Waals surface area contributed by atoms with E-state index in [0.29, 0.717) is 0 Å². The van der Waals surface area contributed by atoms with Crippen molar-refractivity contribution in [3.63, 3.8) is 0 Å². The molecule has 1 N–H and O–H groups in total. The fourth-order valence-corrected chi connectivity index (χ4v) is 2.19. The summed E-state index contributed by atoms with van der Waals surface area (Å²) in [5.41, 5.74) is 0.807. The Bertz CT molecular complexity index is 472. The Morgan fingerprint density at radius 2 is 1.80 bits per heavy atom. The lowest BCUT2D eigenvalue weighted by Crippen LogP contribution is -2.11. The van der Waals surface area contributed by atoms with Crippen molar-refractivity contribution in [3.05, 3.63) is 28.8 Å². The maximum Gasteiger partial charge on any atom is 0.296 e. The number of hydrogen-bond donors (Lipinski definition) is 1. The van der Waals surface area contributed by atoms with Gasteiger partial charge < -0.3 is 0 Å². The zero-order valence-corrected chi connectivity index (χ0v) is 10.4. The molecule has 0 heterocycles. The van der Waals surface area contributed by atoms with Crippen LogP contribution in [-0.4, -0.2) is 13.0 Å². The minimum atomic E-state index is -4.23. The maximum atomic E-state index is 10.9. The number of benzene rings is 1. The van der Waals surface area contributed by atoms with Gasteiger partial charge in [0.05, 0.1) is 5.02 Å². The van der Waals surface area contributed by atoms with Crippen LogP contribution in [-0.2, 0) is 15.5 Å². The van der Waals surface area contributed by atoms with E-state index in [0.717, 1.165) is 5.56 Å². The summed E-state index contributed by atoms with van der Waals surface area (Å²) in [6.07, 6.45) is 0. The summed E-state index contributed by atoms with van der Waals surface area (Å²) in [5, 5.41) is 0.0462. The minimum absolute atomic E-state index is 0.0462. The molecule has 3 nitrogen and oxygen atoms in total. The molecule has 15 heavy (non-hydrogen) atoms. The smallest absolute Gasteiger partial charge is 0.282 e. The summed E-state index contributed by atoms with van der Waals surface area (Å²) < 4.78 is 30.6. The van der Waals surface area contributed by atoms with Gasteiger partial charge in [-0.05, 0) is 23.1 Å². The zero-order valence-electron chi connectivity index (χ0n) is 8.78. The van der Waals surface area contributed by atoms with E-state index in [4.69, 9.17) is 16.2 Å². The van der Waals surface area contributed by atoms with Gasteiger partial charge in [-0.2, -0.15) is 8.42 Å². The molecule has 0 aliphatic rings. The minimum Gasteiger partial charge on any atom is -0.282 e. The van der Waals surface area contributed by atoms with Crippen molar-refractivity contribution in [2.75, 3.05) is 0 Å². The Balaban J connectivity index is 3.34. The van der Waals surface area contributed by atoms with Gasteiger partial charge in [0.25, 0.3) is 10.1 Å². The van der Waals surface area contributed by atoms with Gasteiger partial charge in [0.15, 0.2) is 0 Å². The summed E-state index contributed by atoms with van der Waals surface area (Å²) in [7, 11) is -4.23. The second-order valence-electron chi connectivity index (χ2n) is 4.37. The topological polar surface area (TPSA) is 54.4 Å². The highest BCUT2D eigenvalue weighted by atomic mass is 35.5. The Hall–Kier alpha value is -0.580. The van der Waals surface area contributed by atoms with Crippen LogP contribution in [0.25, 0.3) is 0 Å². The van der Waals surface area contributed by atoms with Gasteiger partial charge in [-0.3, -0.25) is 4.55 Å². The van der Waals surface area contributed by atoms with Crippen LogP contribution in [0.15, 0.2) is 23.1 Å². The van der Waals surface area contributed by atoms with Crippen molar-refractivity contribution in [2.45, 2.75) is 31.1 Å². The Kier molecular flexibility index (Phi) is 3.14. The van der Waals surface area contributed by atoms with Crippen LogP contribution < -0.4 is 0 Å². The van der Waals surface area contributed by atoms with Crippen LogP contribution in [0.2, 0.25) is 5.02 Å². The first-order valence-corrected chi connectivity index (χ1v) is 6.22. The zero-order chi connectivity index (χ0) is 11.9. The monoisotopic (exact) mass is 248 g/mol. The first-order valence-electron chi connectivity index (χ1n) is 4.40. The molecule has 1 aromatic carbocycles. The van der Waals surface area contributed by atoms with E-state index in [1.165, 1.54) is 6.07 Å². The van der Waals surface area contributed by atoms with Gasteiger partial charge in [-0.15, -0.1) is 0 Å². The van der Waals surface area contributed by atoms with Crippen LogP contribution in [0, 0.1) is 0 Å². The first-order chi connectivity index (χ1) is 6.62. The lowest BCUT2D eigenvalue weighted by molar-refractivity contribution is 0.483. The molecular weight excluding hydrogens is 236 g/mol. The molecule has 0 spiro atoms. The van der Waals surface area contributed by atoms with Crippen LogP contribution in [0.5, 0.6) is 0 Å². The fraction of sp³-hybridized carbons (Fsp3) is 0.400. The van der Waals surface area contributed by atoms with Gasteiger partial charge in [0, 0.05) is 0 Å². The van der Waals surface area contributed by atoms with Crippen molar-refractivity contribution in [1.29, 1.82) is 0 Å². The molecule has 0 aliphatic heterocycles. The predicted molar refractivity (Wildman–Crippen MR) is 60.0 cm³/mol. The molecular formula is C10H13ClO3S. The molecule has 5 heteroatoms. The number of halogens is 1. The van der Waals surface area contributed by atoms with Crippen LogP contribution >= 0.6 is 11.6 Å². The number of hydrogen-bond acceptors (Lipinski definition) is 2. The molecule has 0 aliphatic carbocycles. The van der Waals surface area contributed by atoms with Gasteiger partial charge >= 0.3 is 0 Å². The van der Waals surface area contributed by atoms with E-state index in [2.05, 4.69) is 0 Å². The lowest BCUT2D eigenvalue weighted by atomic mass is 9.87. The van der Waals surface area contributed by atoms with Crippen molar-refractivity contribution >= 4 is 21.7 Å². The normalized spacial score (nSPS) is 12.9. The molecule has 0 unspecified atom stereocenters. The Morgan fingerprint density at radius 3 is 2.13 bits per heavy atom. The van der Waals surface area contributed by atoms with Gasteiger partial charge in [0.1, 0.15) is 4.90 Å². The summed E-state index contributed by atoms with van der Waals surface area (Å²) in [5.74, 6) is 0. The standard InChI is InChI=1S/C10H13ClO3S/c1-10(2,3)7-4-5-9(8(11)6-7)15(12,13)14/h4-6H,1-3H3,(H,12,13,14). The summed E-state index contributed by atoms with van der Waals surface area (Å²) in [6, 6.07) is 4.53. The average Bonchev–Trinajstić information content (AvgIpc) is 1.99. The van der Waals surface area contributed by atoms with E-state index in [1.807, 2.05) is 20.8 Å². The molecule has 0 fully saturated rings. The highest BCUT2D eigenvalue weighted by molar-refractivity contribution is 7.86. The average molecular weight is 249 g/mol. The quantitative estimate of drug-likeness (QED) is 0.778. The molecule has 0 bridgehead atoms. The van der Waals surface area contributed by atoms with Gasteiger partial charge in [0.2, 0.25) is 0 Å². The van der Waals surface area contributed by atoms with E-state index in [-0.39, 0.29) is 15.3 Å². The summed E-state index contributed by atoms with van der Waals surface area (Å²) in [4.78, 5) is -0.253. The van der Waals surface area contributed by atoms with Crippen LogP contribution in [0.1, 0.15) is 26.3 Å². The van der Waals surface area contributed by atoms with E-state index in [9.17, 15) is 8.42 Å². The van der Waals surface area contributed by atoms with Crippen molar-refractivity contribution in [1.82, 2.24) is 0 Å². The van der Waals surface area contributed by atoms with E-state index >= 15 is 0 Å². The summed E-state index contributed by atoms with van der Waals surface area (Å²) in [6.45, 7) is 5.98. The molecule has 0 amide bonds. The second-order valence-corrected chi connectivity index (χ2v) is 6.17. The Labute approximate surface area is 94.8 Å². The van der Waals surface area contributed by atoms with Crippen molar-refractivity contribution < 1.29 is 13.0 Å². The predicted octanol–water partition coefficient (Wildman–Crippen LogP) is 2.88. The molecule has 0 saturated heterocycles. The number of rotatable bonds is 1. The van der Waals surface area contributed by atoms with Crippen LogP contribution in [0.3, 0.4) is 0 Å². The molecule has 0 saturated carbocycles.